The molecule has 0 spiro atoms. The van der Waals surface area contributed by atoms with Crippen LogP contribution in [0.3, 0.4) is 0 Å². The third-order valence-electron chi connectivity index (χ3n) is 4.94. The molecule has 2 unspecified atom stereocenters. The van der Waals surface area contributed by atoms with Crippen LogP contribution in [-0.2, 0) is 0 Å². The van der Waals surface area contributed by atoms with Crippen LogP contribution in [0, 0.1) is 23.7 Å². The molecule has 27 heavy (non-hydrogen) atoms. The maximum absolute atomic E-state index is 3.53. The summed E-state index contributed by atoms with van der Waals surface area (Å²) in [5.41, 5.74) is 4.58. The Labute approximate surface area is 179 Å². The Bertz CT molecular complexity index is 866. The molecule has 2 atom stereocenters. The van der Waals surface area contributed by atoms with Crippen molar-refractivity contribution >= 4 is 43.2 Å². The van der Waals surface area contributed by atoms with Gasteiger partial charge in [-0.05, 0) is 79.8 Å². The summed E-state index contributed by atoms with van der Waals surface area (Å²) < 4.78 is 2.13. The first-order valence-electron chi connectivity index (χ1n) is 9.24. The van der Waals surface area contributed by atoms with Gasteiger partial charge < -0.3 is 4.90 Å². The molecule has 3 heteroatoms. The number of allylic oxidation sites excluding steroid dienone is 4. The fourth-order valence-electron chi connectivity index (χ4n) is 3.19. The van der Waals surface area contributed by atoms with Crippen molar-refractivity contribution in [2.24, 2.45) is 11.8 Å². The van der Waals surface area contributed by atoms with Gasteiger partial charge in [0.15, 0.2) is 0 Å². The summed E-state index contributed by atoms with van der Waals surface area (Å²) in [6.45, 7) is 6.71. The molecule has 2 aromatic carbocycles. The lowest BCUT2D eigenvalue weighted by atomic mass is 9.89. The second-order valence-electron chi connectivity index (χ2n) is 6.81. The zero-order valence-electron chi connectivity index (χ0n) is 15.8. The van der Waals surface area contributed by atoms with Gasteiger partial charge in [-0.1, -0.05) is 63.3 Å². The van der Waals surface area contributed by atoms with Crippen LogP contribution in [0.25, 0.3) is 0 Å². The maximum Gasteiger partial charge on any atom is 0.0969 e. The molecule has 0 radical (unpaired) electrons. The van der Waals surface area contributed by atoms with Crippen LogP contribution in [0.15, 0.2) is 80.9 Å². The Morgan fingerprint density at radius 3 is 1.93 bits per heavy atom. The highest BCUT2D eigenvalue weighted by molar-refractivity contribution is 9.10. The van der Waals surface area contributed by atoms with Gasteiger partial charge in [0.25, 0.3) is 0 Å². The summed E-state index contributed by atoms with van der Waals surface area (Å²) in [5.74, 6) is 7.69. The van der Waals surface area contributed by atoms with Crippen molar-refractivity contribution in [2.75, 3.05) is 4.90 Å². The van der Waals surface area contributed by atoms with Crippen molar-refractivity contribution in [1.29, 1.82) is 0 Å². The Kier molecular flexibility index (Phi) is 6.63. The summed E-state index contributed by atoms with van der Waals surface area (Å²) in [4.78, 5) is 2.22. The van der Waals surface area contributed by atoms with Crippen LogP contribution in [0.5, 0.6) is 0 Å². The first-order valence-corrected chi connectivity index (χ1v) is 10.8. The van der Waals surface area contributed by atoms with E-state index in [4.69, 9.17) is 0 Å². The molecule has 138 valence electrons. The van der Waals surface area contributed by atoms with E-state index in [9.17, 15) is 0 Å². The van der Waals surface area contributed by atoms with Crippen molar-refractivity contribution in [3.63, 3.8) is 0 Å². The smallest absolute Gasteiger partial charge is 0.0969 e. The predicted octanol–water partition coefficient (Wildman–Crippen LogP) is 7.86. The number of halogens is 2. The van der Waals surface area contributed by atoms with E-state index in [1.165, 1.54) is 5.57 Å². The lowest BCUT2D eigenvalue weighted by Gasteiger charge is -2.25. The van der Waals surface area contributed by atoms with Gasteiger partial charge in [0.2, 0.25) is 0 Å². The molecular weight excluding hydrogens is 462 g/mol. The number of benzene rings is 2. The van der Waals surface area contributed by atoms with Crippen molar-refractivity contribution in [2.45, 2.75) is 27.2 Å². The predicted molar refractivity (Wildman–Crippen MR) is 123 cm³/mol. The molecule has 0 fully saturated rings. The van der Waals surface area contributed by atoms with Crippen LogP contribution in [0.1, 0.15) is 27.2 Å². The summed E-state index contributed by atoms with van der Waals surface area (Å²) in [6.07, 6.45) is 5.55. The van der Waals surface area contributed by atoms with E-state index in [1.807, 2.05) is 0 Å². The lowest BCUT2D eigenvalue weighted by molar-refractivity contribution is 0.600. The Hall–Kier alpha value is -1.76. The standard InChI is InChI=1S/C24H23Br2N/c1-4-17(2)24-16-15-21(10-5-18(24)3)27(22-11-6-19(25)7-12-22)23-13-8-20(26)9-14-23/h6-9,11-18H,4H2,1-3H3. The average molecular weight is 485 g/mol. The molecular formula is C24H23Br2N. The molecule has 2 aromatic rings. The quantitative estimate of drug-likeness (QED) is 0.390. The molecule has 1 nitrogen and oxygen atoms in total. The molecule has 1 aliphatic rings. The second kappa shape index (κ2) is 8.95. The molecule has 0 bridgehead atoms. The van der Waals surface area contributed by atoms with Crippen LogP contribution in [0.4, 0.5) is 11.4 Å². The molecule has 1 aliphatic carbocycles. The van der Waals surface area contributed by atoms with Crippen LogP contribution < -0.4 is 4.90 Å². The Balaban J connectivity index is 2.10. The van der Waals surface area contributed by atoms with Gasteiger partial charge in [0.1, 0.15) is 0 Å². The lowest BCUT2D eigenvalue weighted by Crippen LogP contribution is -2.15. The van der Waals surface area contributed by atoms with E-state index >= 15 is 0 Å². The van der Waals surface area contributed by atoms with E-state index in [1.54, 1.807) is 0 Å². The first-order chi connectivity index (χ1) is 13.0. The van der Waals surface area contributed by atoms with E-state index in [0.717, 1.165) is 32.4 Å². The van der Waals surface area contributed by atoms with Gasteiger partial charge in [-0.3, -0.25) is 0 Å². The van der Waals surface area contributed by atoms with E-state index in [-0.39, 0.29) is 5.92 Å². The number of hydrogen-bond acceptors (Lipinski definition) is 1. The van der Waals surface area contributed by atoms with E-state index in [2.05, 4.69) is 130 Å². The minimum Gasteiger partial charge on any atom is -0.303 e. The largest absolute Gasteiger partial charge is 0.303 e. The van der Waals surface area contributed by atoms with Gasteiger partial charge in [0.05, 0.1) is 5.70 Å². The third kappa shape index (κ3) is 4.75. The molecule has 0 saturated carbocycles. The second-order valence-corrected chi connectivity index (χ2v) is 8.64. The van der Waals surface area contributed by atoms with Gasteiger partial charge in [-0.15, -0.1) is 0 Å². The normalized spacial score (nSPS) is 17.1. The highest BCUT2D eigenvalue weighted by atomic mass is 79.9. The average Bonchev–Trinajstić information content (AvgIpc) is 2.86. The number of anilines is 2. The Morgan fingerprint density at radius 1 is 0.926 bits per heavy atom. The van der Waals surface area contributed by atoms with Gasteiger partial charge in [-0.2, -0.15) is 0 Å². The van der Waals surface area contributed by atoms with Crippen molar-refractivity contribution in [3.8, 4) is 11.8 Å². The van der Waals surface area contributed by atoms with Crippen LogP contribution >= 0.6 is 31.9 Å². The highest BCUT2D eigenvalue weighted by Crippen LogP contribution is 2.33. The topological polar surface area (TPSA) is 3.24 Å². The maximum atomic E-state index is 3.53. The first kappa shape index (κ1) is 20.0. The SMILES string of the molecule is CCC(C)C1=CC=C(N(c2ccc(Br)cc2)c2ccc(Br)cc2)C#CC1C. The molecule has 0 N–H and O–H groups in total. The monoisotopic (exact) mass is 483 g/mol. The fraction of sp³-hybridized carbons (Fsp3) is 0.250. The minimum atomic E-state index is 0.269. The van der Waals surface area contributed by atoms with E-state index < -0.39 is 0 Å². The van der Waals surface area contributed by atoms with Crippen molar-refractivity contribution in [3.05, 3.63) is 80.9 Å². The van der Waals surface area contributed by atoms with Crippen molar-refractivity contribution < 1.29 is 0 Å². The molecule has 3 rings (SSSR count). The fourth-order valence-corrected chi connectivity index (χ4v) is 3.72. The molecule has 0 aliphatic heterocycles. The number of rotatable bonds is 5. The summed E-state index contributed by atoms with van der Waals surface area (Å²) in [7, 11) is 0. The number of hydrogen-bond donors (Lipinski definition) is 0. The molecule has 0 heterocycles. The van der Waals surface area contributed by atoms with Gasteiger partial charge >= 0.3 is 0 Å². The molecule has 0 saturated heterocycles. The minimum absolute atomic E-state index is 0.269. The number of nitrogens with zero attached hydrogens (tertiary/aromatic N) is 1. The highest BCUT2D eigenvalue weighted by Gasteiger charge is 2.18. The van der Waals surface area contributed by atoms with Crippen LogP contribution in [-0.4, -0.2) is 0 Å². The molecule has 0 amide bonds. The zero-order valence-corrected chi connectivity index (χ0v) is 19.0. The summed E-state index contributed by atoms with van der Waals surface area (Å²) in [6, 6.07) is 16.7. The van der Waals surface area contributed by atoms with Crippen molar-refractivity contribution in [1.82, 2.24) is 0 Å². The Morgan fingerprint density at radius 2 is 1.44 bits per heavy atom. The molecule has 0 aromatic heterocycles. The third-order valence-corrected chi connectivity index (χ3v) is 6.00. The van der Waals surface area contributed by atoms with Gasteiger partial charge in [-0.25, -0.2) is 0 Å². The van der Waals surface area contributed by atoms with Crippen LogP contribution in [0.2, 0.25) is 0 Å². The zero-order chi connectivity index (χ0) is 19.4. The van der Waals surface area contributed by atoms with Gasteiger partial charge in [0, 0.05) is 26.2 Å². The van der Waals surface area contributed by atoms with E-state index in [0.29, 0.717) is 5.92 Å². The summed E-state index contributed by atoms with van der Waals surface area (Å²) >= 11 is 7.06. The summed E-state index contributed by atoms with van der Waals surface area (Å²) in [5, 5.41) is 0.